The third kappa shape index (κ3) is 6.66. The summed E-state index contributed by atoms with van der Waals surface area (Å²) in [4.78, 5) is 15.9. The van der Waals surface area contributed by atoms with Crippen molar-refractivity contribution >= 4 is 29.2 Å². The van der Waals surface area contributed by atoms with Gasteiger partial charge in [0.25, 0.3) is 0 Å². The molecule has 0 spiro atoms. The van der Waals surface area contributed by atoms with Crippen LogP contribution < -0.4 is 15.8 Å². The summed E-state index contributed by atoms with van der Waals surface area (Å²) in [6.07, 6.45) is 4.10. The number of hydrogen-bond donors (Lipinski definition) is 3. The van der Waals surface area contributed by atoms with Crippen LogP contribution in [-0.2, 0) is 30.6 Å². The number of nitrogens with one attached hydrogen (secondary N) is 2. The van der Waals surface area contributed by atoms with Crippen LogP contribution >= 0.6 is 12.4 Å². The van der Waals surface area contributed by atoms with Crippen LogP contribution in [0, 0.1) is 0 Å². The number of methoxy groups -OCH3 is 1. The molecule has 0 bridgehead atoms. The van der Waals surface area contributed by atoms with Crippen molar-refractivity contribution in [2.24, 2.45) is 5.73 Å². The van der Waals surface area contributed by atoms with Gasteiger partial charge in [-0.2, -0.15) is 0 Å². The lowest BCUT2D eigenvalue weighted by atomic mass is 10.0. The molecular formula is C30H33ClN6O2. The van der Waals surface area contributed by atoms with Crippen LogP contribution in [0.15, 0.2) is 85.1 Å². The number of aromatic amines is 1. The van der Waals surface area contributed by atoms with Gasteiger partial charge in [0.15, 0.2) is 5.82 Å². The number of aromatic nitrogens is 4. The van der Waals surface area contributed by atoms with Crippen molar-refractivity contribution < 1.29 is 9.53 Å². The van der Waals surface area contributed by atoms with E-state index in [-0.39, 0.29) is 24.9 Å². The van der Waals surface area contributed by atoms with Crippen LogP contribution in [0.4, 0.5) is 0 Å². The third-order valence-corrected chi connectivity index (χ3v) is 6.77. The molecule has 1 amide bonds. The fraction of sp³-hybridized carbons (Fsp3) is 0.233. The summed E-state index contributed by atoms with van der Waals surface area (Å²) < 4.78 is 7.46. The Bertz CT molecular complexity index is 1500. The predicted molar refractivity (Wildman–Crippen MR) is 155 cm³/mol. The lowest BCUT2D eigenvalue weighted by Crippen LogP contribution is -2.36. The summed E-state index contributed by atoms with van der Waals surface area (Å²) in [5, 5.41) is 13.4. The maximum absolute atomic E-state index is 12.5. The Labute approximate surface area is 234 Å². The quantitative estimate of drug-likeness (QED) is 0.228. The second-order valence-electron chi connectivity index (χ2n) is 9.28. The molecule has 2 aromatic heterocycles. The topological polar surface area (TPSA) is 111 Å². The number of para-hydroxylation sites is 1. The highest BCUT2D eigenvalue weighted by atomic mass is 35.5. The maximum Gasteiger partial charge on any atom is 0.234 e. The highest BCUT2D eigenvalue weighted by molar-refractivity contribution is 5.85. The zero-order chi connectivity index (χ0) is 26.3. The zero-order valence-corrected chi connectivity index (χ0v) is 22.7. The van der Waals surface area contributed by atoms with Gasteiger partial charge in [-0.1, -0.05) is 60.7 Å². The van der Waals surface area contributed by atoms with Gasteiger partial charge in [-0.05, 0) is 41.3 Å². The van der Waals surface area contributed by atoms with Crippen LogP contribution in [0.25, 0.3) is 10.9 Å². The van der Waals surface area contributed by atoms with Gasteiger partial charge >= 0.3 is 0 Å². The van der Waals surface area contributed by atoms with Crippen molar-refractivity contribution in [2.75, 3.05) is 13.7 Å². The molecule has 0 aliphatic carbocycles. The zero-order valence-electron chi connectivity index (χ0n) is 21.8. The molecule has 9 heteroatoms. The minimum absolute atomic E-state index is 0. The van der Waals surface area contributed by atoms with Gasteiger partial charge in [0.1, 0.15) is 11.6 Å². The average molecular weight is 545 g/mol. The number of aryl methyl sites for hydroxylation is 2. The predicted octanol–water partition coefficient (Wildman–Crippen LogP) is 4.38. The summed E-state index contributed by atoms with van der Waals surface area (Å²) in [7, 11) is 1.66. The molecular weight excluding hydrogens is 512 g/mol. The van der Waals surface area contributed by atoms with Crippen LogP contribution in [-0.4, -0.2) is 39.3 Å². The van der Waals surface area contributed by atoms with E-state index in [1.54, 1.807) is 7.11 Å². The van der Waals surface area contributed by atoms with Gasteiger partial charge in [0.2, 0.25) is 5.91 Å². The maximum atomic E-state index is 12.5. The minimum Gasteiger partial charge on any atom is -0.497 e. The summed E-state index contributed by atoms with van der Waals surface area (Å²) in [5.41, 5.74) is 10.2. The monoisotopic (exact) mass is 544 g/mol. The molecule has 0 aliphatic heterocycles. The SMILES string of the molecule is COc1ccc(Cn2c(CCc3ccccc3)nnc2[C@@H](Cc2c[nH]c3ccccc23)NC(=O)CN)cc1.Cl. The van der Waals surface area contributed by atoms with Crippen LogP contribution in [0.5, 0.6) is 5.75 Å². The van der Waals surface area contributed by atoms with Crippen LogP contribution in [0.2, 0.25) is 0 Å². The second kappa shape index (κ2) is 13.1. The Balaban J connectivity index is 0.00000353. The smallest absolute Gasteiger partial charge is 0.234 e. The number of rotatable bonds is 11. The number of benzene rings is 3. The standard InChI is InChI=1S/C30H32N6O2.ClH/c1-38-24-14-11-22(12-15-24)20-36-28(16-13-21-7-3-2-4-8-21)34-35-30(36)27(33-29(37)18-31)17-23-19-32-26-10-6-5-9-25(23)26;/h2-12,14-15,19,27,32H,13,16-18,20,31H2,1H3,(H,33,37);1H/t27-;/m1./s1. The van der Waals surface area contributed by atoms with E-state index in [1.807, 2.05) is 66.9 Å². The van der Waals surface area contributed by atoms with Crippen molar-refractivity contribution in [3.05, 3.63) is 113 Å². The Morgan fingerprint density at radius 3 is 2.46 bits per heavy atom. The second-order valence-corrected chi connectivity index (χ2v) is 9.28. The van der Waals surface area contributed by atoms with E-state index in [4.69, 9.17) is 10.5 Å². The lowest BCUT2D eigenvalue weighted by molar-refractivity contribution is -0.120. The molecule has 3 aromatic carbocycles. The number of ether oxygens (including phenoxy) is 1. The first-order chi connectivity index (χ1) is 18.6. The number of fused-ring (bicyclic) bond motifs is 1. The van der Waals surface area contributed by atoms with E-state index >= 15 is 0 Å². The van der Waals surface area contributed by atoms with E-state index in [9.17, 15) is 4.79 Å². The number of carbonyl (C=O) groups excluding carboxylic acids is 1. The average Bonchev–Trinajstić information content (AvgIpc) is 3.56. The highest BCUT2D eigenvalue weighted by Crippen LogP contribution is 2.25. The molecule has 4 N–H and O–H groups in total. The number of hydrogen-bond acceptors (Lipinski definition) is 5. The molecule has 0 radical (unpaired) electrons. The molecule has 0 saturated carbocycles. The molecule has 1 atom stereocenters. The normalized spacial score (nSPS) is 11.6. The summed E-state index contributed by atoms with van der Waals surface area (Å²) >= 11 is 0. The fourth-order valence-corrected chi connectivity index (χ4v) is 4.76. The molecule has 0 aliphatic rings. The highest BCUT2D eigenvalue weighted by Gasteiger charge is 2.24. The van der Waals surface area contributed by atoms with Gasteiger partial charge in [-0.25, -0.2) is 0 Å². The molecule has 8 nitrogen and oxygen atoms in total. The summed E-state index contributed by atoms with van der Waals surface area (Å²) in [6, 6.07) is 26.0. The van der Waals surface area contributed by atoms with E-state index < -0.39 is 6.04 Å². The molecule has 39 heavy (non-hydrogen) atoms. The number of nitrogens with two attached hydrogens (primary N) is 1. The summed E-state index contributed by atoms with van der Waals surface area (Å²) in [5.74, 6) is 2.13. The lowest BCUT2D eigenvalue weighted by Gasteiger charge is -2.20. The van der Waals surface area contributed by atoms with Crippen molar-refractivity contribution in [3.8, 4) is 5.75 Å². The molecule has 5 aromatic rings. The Morgan fingerprint density at radius 1 is 0.974 bits per heavy atom. The first-order valence-electron chi connectivity index (χ1n) is 12.8. The van der Waals surface area contributed by atoms with Crippen LogP contribution in [0.3, 0.4) is 0 Å². The van der Waals surface area contributed by atoms with Crippen LogP contribution in [0.1, 0.15) is 34.4 Å². The van der Waals surface area contributed by atoms with E-state index in [0.717, 1.165) is 46.4 Å². The first-order valence-corrected chi connectivity index (χ1v) is 12.8. The fourth-order valence-electron chi connectivity index (χ4n) is 4.76. The number of carbonyl (C=O) groups is 1. The van der Waals surface area contributed by atoms with Gasteiger partial charge in [-0.15, -0.1) is 22.6 Å². The van der Waals surface area contributed by atoms with E-state index in [1.165, 1.54) is 5.56 Å². The summed E-state index contributed by atoms with van der Waals surface area (Å²) in [6.45, 7) is 0.469. The van der Waals surface area contributed by atoms with Crippen molar-refractivity contribution in [2.45, 2.75) is 31.8 Å². The molecule has 0 unspecified atom stereocenters. The Hall–Kier alpha value is -4.14. The van der Waals surface area contributed by atoms with Crippen molar-refractivity contribution in [1.82, 2.24) is 25.1 Å². The molecule has 0 saturated heterocycles. The van der Waals surface area contributed by atoms with Gasteiger partial charge in [0.05, 0.1) is 26.2 Å². The molecule has 0 fully saturated rings. The van der Waals surface area contributed by atoms with Gasteiger partial charge < -0.3 is 25.3 Å². The number of nitrogens with zero attached hydrogens (tertiary/aromatic N) is 3. The number of H-pyrrole nitrogens is 1. The Kier molecular flexibility index (Phi) is 9.35. The first kappa shape index (κ1) is 27.9. The van der Waals surface area contributed by atoms with Gasteiger partial charge in [-0.3, -0.25) is 4.79 Å². The molecule has 2 heterocycles. The van der Waals surface area contributed by atoms with Gasteiger partial charge in [0, 0.05) is 29.9 Å². The molecule has 202 valence electrons. The van der Waals surface area contributed by atoms with Crippen molar-refractivity contribution in [3.63, 3.8) is 0 Å². The molecule has 5 rings (SSSR count). The number of halogens is 1. The third-order valence-electron chi connectivity index (χ3n) is 6.77. The largest absolute Gasteiger partial charge is 0.497 e. The minimum atomic E-state index is -0.401. The van der Waals surface area contributed by atoms with E-state index in [2.05, 4.69) is 43.3 Å². The van der Waals surface area contributed by atoms with E-state index in [0.29, 0.717) is 18.8 Å². The van der Waals surface area contributed by atoms with Crippen molar-refractivity contribution in [1.29, 1.82) is 0 Å². The Morgan fingerprint density at radius 2 is 1.72 bits per heavy atom. The number of amides is 1.